The zero-order chi connectivity index (χ0) is 20.5. The Morgan fingerprint density at radius 3 is 2.41 bits per heavy atom. The van der Waals surface area contributed by atoms with Crippen molar-refractivity contribution in [2.45, 2.75) is 19.9 Å². The number of carbonyl (C=O) groups is 3. The minimum absolute atomic E-state index is 0.183. The molecule has 4 rings (SSSR count). The van der Waals surface area contributed by atoms with Gasteiger partial charge in [0.25, 0.3) is 5.91 Å². The third-order valence-corrected chi connectivity index (χ3v) is 5.02. The van der Waals surface area contributed by atoms with E-state index < -0.39 is 12.0 Å². The molecule has 1 heterocycles. The standard InChI is InChI=1S/C23H20N2O4/c1-3-29-23(28)16-10-12-17(13-11-16)24-21(26)14(2)25-19-9-5-7-15-6-4-8-18(20(15)19)22(25)27/h4-14H,3H2,1-2H3,(H,24,26)/t14-/m0/s1. The average Bonchev–Trinajstić information content (AvgIpc) is 3.02. The van der Waals surface area contributed by atoms with Gasteiger partial charge >= 0.3 is 5.97 Å². The van der Waals surface area contributed by atoms with Crippen LogP contribution in [0.2, 0.25) is 0 Å². The Morgan fingerprint density at radius 1 is 1.03 bits per heavy atom. The Balaban J connectivity index is 1.54. The first kappa shape index (κ1) is 18.7. The van der Waals surface area contributed by atoms with Crippen molar-refractivity contribution >= 4 is 39.9 Å². The van der Waals surface area contributed by atoms with Gasteiger partial charge in [-0.3, -0.25) is 14.5 Å². The maximum absolute atomic E-state index is 13.0. The maximum atomic E-state index is 13.0. The minimum atomic E-state index is -0.703. The number of amides is 2. The van der Waals surface area contributed by atoms with Gasteiger partial charge in [-0.25, -0.2) is 4.79 Å². The van der Waals surface area contributed by atoms with Crippen LogP contribution in [0.3, 0.4) is 0 Å². The lowest BCUT2D eigenvalue weighted by Gasteiger charge is -2.24. The zero-order valence-corrected chi connectivity index (χ0v) is 16.1. The molecule has 1 aliphatic heterocycles. The summed E-state index contributed by atoms with van der Waals surface area (Å²) in [6.45, 7) is 3.74. The van der Waals surface area contributed by atoms with Crippen LogP contribution in [0.15, 0.2) is 60.7 Å². The molecule has 146 valence electrons. The molecule has 2 amide bonds. The third kappa shape index (κ3) is 3.23. The van der Waals surface area contributed by atoms with Gasteiger partial charge < -0.3 is 10.1 Å². The number of carbonyl (C=O) groups excluding carboxylic acids is 3. The van der Waals surface area contributed by atoms with Crippen molar-refractivity contribution in [1.82, 2.24) is 0 Å². The van der Waals surface area contributed by atoms with Gasteiger partial charge in [0.1, 0.15) is 6.04 Å². The normalized spacial score (nSPS) is 13.4. The zero-order valence-electron chi connectivity index (χ0n) is 16.1. The predicted octanol–water partition coefficient (Wildman–Crippen LogP) is 4.00. The first-order chi connectivity index (χ1) is 14.0. The molecule has 0 aliphatic carbocycles. The van der Waals surface area contributed by atoms with Gasteiger partial charge in [0, 0.05) is 16.6 Å². The van der Waals surface area contributed by atoms with E-state index in [1.54, 1.807) is 44.2 Å². The number of nitrogens with zero attached hydrogens (tertiary/aromatic N) is 1. The molecule has 0 saturated carbocycles. The molecule has 1 atom stereocenters. The van der Waals surface area contributed by atoms with E-state index in [1.165, 1.54) is 4.90 Å². The molecule has 0 saturated heterocycles. The molecule has 6 nitrogen and oxygen atoms in total. The molecule has 29 heavy (non-hydrogen) atoms. The van der Waals surface area contributed by atoms with Crippen molar-refractivity contribution in [1.29, 1.82) is 0 Å². The topological polar surface area (TPSA) is 75.7 Å². The number of nitrogens with one attached hydrogen (secondary N) is 1. The summed E-state index contributed by atoms with van der Waals surface area (Å²) in [5, 5.41) is 4.66. The van der Waals surface area contributed by atoms with Crippen LogP contribution in [0, 0.1) is 0 Å². The molecular formula is C23H20N2O4. The number of rotatable bonds is 5. The average molecular weight is 388 g/mol. The molecule has 3 aromatic rings. The predicted molar refractivity (Wildman–Crippen MR) is 111 cm³/mol. The molecule has 0 aromatic heterocycles. The lowest BCUT2D eigenvalue weighted by molar-refractivity contribution is -0.117. The highest BCUT2D eigenvalue weighted by Gasteiger charge is 2.35. The molecule has 0 unspecified atom stereocenters. The fraction of sp³-hybridized carbons (Fsp3) is 0.174. The highest BCUT2D eigenvalue weighted by Crippen LogP contribution is 2.38. The van der Waals surface area contributed by atoms with E-state index in [1.807, 2.05) is 30.3 Å². The number of hydrogen-bond donors (Lipinski definition) is 1. The molecule has 0 fully saturated rings. The van der Waals surface area contributed by atoms with Crippen LogP contribution in [-0.4, -0.2) is 30.4 Å². The minimum Gasteiger partial charge on any atom is -0.462 e. The fourth-order valence-electron chi connectivity index (χ4n) is 3.59. The number of hydrogen-bond acceptors (Lipinski definition) is 4. The van der Waals surface area contributed by atoms with Gasteiger partial charge in [-0.05, 0) is 55.6 Å². The number of ether oxygens (including phenoxy) is 1. The molecule has 6 heteroatoms. The maximum Gasteiger partial charge on any atom is 0.338 e. The highest BCUT2D eigenvalue weighted by atomic mass is 16.5. The highest BCUT2D eigenvalue weighted by molar-refractivity contribution is 6.26. The van der Waals surface area contributed by atoms with E-state index in [-0.39, 0.29) is 11.8 Å². The summed E-state index contributed by atoms with van der Waals surface area (Å²) in [5.74, 6) is -0.906. The fourth-order valence-corrected chi connectivity index (χ4v) is 3.59. The largest absolute Gasteiger partial charge is 0.462 e. The van der Waals surface area contributed by atoms with E-state index in [2.05, 4.69) is 5.32 Å². The molecule has 0 spiro atoms. The summed E-state index contributed by atoms with van der Waals surface area (Å²) >= 11 is 0. The quantitative estimate of drug-likeness (QED) is 0.670. The van der Waals surface area contributed by atoms with E-state index >= 15 is 0 Å². The van der Waals surface area contributed by atoms with E-state index in [0.29, 0.717) is 23.4 Å². The molecule has 3 aromatic carbocycles. The van der Waals surface area contributed by atoms with Crippen LogP contribution in [0.4, 0.5) is 11.4 Å². The molecule has 1 N–H and O–H groups in total. The van der Waals surface area contributed by atoms with E-state index in [0.717, 1.165) is 16.5 Å². The molecule has 1 aliphatic rings. The van der Waals surface area contributed by atoms with Crippen molar-refractivity contribution in [3.05, 3.63) is 71.8 Å². The third-order valence-electron chi connectivity index (χ3n) is 5.02. The van der Waals surface area contributed by atoms with Gasteiger partial charge in [-0.1, -0.05) is 24.3 Å². The van der Waals surface area contributed by atoms with Crippen molar-refractivity contribution in [2.75, 3.05) is 16.8 Å². The second-order valence-electron chi connectivity index (χ2n) is 6.82. The first-order valence-electron chi connectivity index (χ1n) is 9.44. The summed E-state index contributed by atoms with van der Waals surface area (Å²) in [6.07, 6.45) is 0. The lowest BCUT2D eigenvalue weighted by Crippen LogP contribution is -2.44. The van der Waals surface area contributed by atoms with E-state index in [9.17, 15) is 14.4 Å². The van der Waals surface area contributed by atoms with Crippen LogP contribution in [0.1, 0.15) is 34.6 Å². The Hall–Kier alpha value is -3.67. The Bertz CT molecular complexity index is 1120. The SMILES string of the molecule is CCOC(=O)c1ccc(NC(=O)[C@H](C)N2C(=O)c3cccc4cccc2c34)cc1. The Labute approximate surface area is 168 Å². The Morgan fingerprint density at radius 2 is 1.72 bits per heavy atom. The van der Waals surface area contributed by atoms with Crippen LogP contribution >= 0.6 is 0 Å². The number of benzene rings is 3. The van der Waals surface area contributed by atoms with Crippen LogP contribution < -0.4 is 10.2 Å². The van der Waals surface area contributed by atoms with Crippen molar-refractivity contribution < 1.29 is 19.1 Å². The van der Waals surface area contributed by atoms with Gasteiger partial charge in [-0.2, -0.15) is 0 Å². The summed E-state index contributed by atoms with van der Waals surface area (Å²) in [7, 11) is 0. The monoisotopic (exact) mass is 388 g/mol. The van der Waals surface area contributed by atoms with Crippen LogP contribution in [-0.2, 0) is 9.53 Å². The molecular weight excluding hydrogens is 368 g/mol. The van der Waals surface area contributed by atoms with Crippen molar-refractivity contribution in [2.24, 2.45) is 0 Å². The van der Waals surface area contributed by atoms with Crippen LogP contribution in [0.25, 0.3) is 10.8 Å². The van der Waals surface area contributed by atoms with Crippen molar-refractivity contribution in [3.8, 4) is 0 Å². The second-order valence-corrected chi connectivity index (χ2v) is 6.82. The van der Waals surface area contributed by atoms with Crippen molar-refractivity contribution in [3.63, 3.8) is 0 Å². The second kappa shape index (κ2) is 7.39. The smallest absolute Gasteiger partial charge is 0.338 e. The number of esters is 1. The van der Waals surface area contributed by atoms with E-state index in [4.69, 9.17) is 4.74 Å². The van der Waals surface area contributed by atoms with Gasteiger partial charge in [-0.15, -0.1) is 0 Å². The summed E-state index contributed by atoms with van der Waals surface area (Å²) in [5.41, 5.74) is 2.30. The lowest BCUT2D eigenvalue weighted by atomic mass is 10.1. The van der Waals surface area contributed by atoms with Gasteiger partial charge in [0.2, 0.25) is 5.91 Å². The van der Waals surface area contributed by atoms with Crippen LogP contribution in [0.5, 0.6) is 0 Å². The van der Waals surface area contributed by atoms with Gasteiger partial charge in [0.05, 0.1) is 17.9 Å². The molecule has 0 bridgehead atoms. The Kier molecular flexibility index (Phi) is 4.76. The first-order valence-corrected chi connectivity index (χ1v) is 9.44. The van der Waals surface area contributed by atoms with Gasteiger partial charge in [0.15, 0.2) is 0 Å². The summed E-state index contributed by atoms with van der Waals surface area (Å²) in [6, 6.07) is 17.0. The number of anilines is 2. The summed E-state index contributed by atoms with van der Waals surface area (Å²) < 4.78 is 4.95. The molecule has 0 radical (unpaired) electrons. The summed E-state index contributed by atoms with van der Waals surface area (Å²) in [4.78, 5) is 39.1.